The third-order valence-electron chi connectivity index (χ3n) is 4.78. The second-order valence-electron chi connectivity index (χ2n) is 6.86. The molecule has 0 radical (unpaired) electrons. The molecule has 1 aromatic carbocycles. The quantitative estimate of drug-likeness (QED) is 0.916. The summed E-state index contributed by atoms with van der Waals surface area (Å²) in [7, 11) is 0. The number of hydrogen-bond donors (Lipinski definition) is 1. The maximum absolute atomic E-state index is 13.0. The van der Waals surface area contributed by atoms with Gasteiger partial charge in [0.15, 0.2) is 0 Å². The van der Waals surface area contributed by atoms with Crippen LogP contribution in [0.2, 0.25) is 0 Å². The first-order valence-corrected chi connectivity index (χ1v) is 7.93. The topological polar surface area (TPSA) is 49.4 Å². The monoisotopic (exact) mass is 340 g/mol. The fourth-order valence-electron chi connectivity index (χ4n) is 2.94. The molecule has 3 rings (SSSR count). The van der Waals surface area contributed by atoms with Crippen molar-refractivity contribution >= 4 is 11.8 Å². The van der Waals surface area contributed by atoms with Crippen LogP contribution in [0.15, 0.2) is 24.3 Å². The average molecular weight is 340 g/mol. The number of benzene rings is 1. The van der Waals surface area contributed by atoms with E-state index in [0.29, 0.717) is 0 Å². The van der Waals surface area contributed by atoms with Crippen LogP contribution < -0.4 is 5.32 Å². The van der Waals surface area contributed by atoms with Gasteiger partial charge in [0.25, 0.3) is 0 Å². The lowest BCUT2D eigenvalue weighted by atomic mass is 10.1. The first kappa shape index (κ1) is 16.8. The summed E-state index contributed by atoms with van der Waals surface area (Å²) >= 11 is 0. The average Bonchev–Trinajstić information content (AvgIpc) is 3.16. The molecular weight excluding hydrogens is 321 g/mol. The highest BCUT2D eigenvalue weighted by atomic mass is 19.4. The highest BCUT2D eigenvalue weighted by Gasteiger charge is 2.46. The molecule has 2 fully saturated rings. The van der Waals surface area contributed by atoms with Crippen molar-refractivity contribution in [3.8, 4) is 0 Å². The molecule has 2 aliphatic rings. The standard InChI is InChI=1S/C17H19F3N2O2/c1-16(6-7-16)15(24)21-12-8-14(23)22(10-12)9-11-4-2-3-5-13(11)17(18,19)20/h2-5,12H,6-10H2,1H3,(H,21,24)/t12-/m1/s1. The molecule has 0 aromatic heterocycles. The predicted molar refractivity (Wildman–Crippen MR) is 80.7 cm³/mol. The highest BCUT2D eigenvalue weighted by molar-refractivity contribution is 5.87. The fourth-order valence-corrected chi connectivity index (χ4v) is 2.94. The van der Waals surface area contributed by atoms with Crippen LogP contribution in [0.25, 0.3) is 0 Å². The van der Waals surface area contributed by atoms with E-state index in [1.807, 2.05) is 6.92 Å². The van der Waals surface area contributed by atoms with Crippen molar-refractivity contribution in [2.45, 2.75) is 44.9 Å². The number of likely N-dealkylation sites (tertiary alicyclic amines) is 1. The molecule has 0 spiro atoms. The van der Waals surface area contributed by atoms with Gasteiger partial charge in [-0.15, -0.1) is 0 Å². The summed E-state index contributed by atoms with van der Waals surface area (Å²) in [6.45, 7) is 2.02. The molecule has 1 saturated carbocycles. The van der Waals surface area contributed by atoms with Gasteiger partial charge in [0.1, 0.15) is 0 Å². The van der Waals surface area contributed by atoms with Gasteiger partial charge in [-0.25, -0.2) is 0 Å². The van der Waals surface area contributed by atoms with Gasteiger partial charge in [-0.05, 0) is 24.5 Å². The minimum atomic E-state index is -4.45. The molecule has 1 aliphatic heterocycles. The Morgan fingerprint density at radius 1 is 1.33 bits per heavy atom. The van der Waals surface area contributed by atoms with E-state index < -0.39 is 11.7 Å². The lowest BCUT2D eigenvalue weighted by molar-refractivity contribution is -0.139. The van der Waals surface area contributed by atoms with E-state index >= 15 is 0 Å². The second-order valence-corrected chi connectivity index (χ2v) is 6.86. The number of amides is 2. The first-order chi connectivity index (χ1) is 11.2. The van der Waals surface area contributed by atoms with E-state index in [9.17, 15) is 22.8 Å². The molecule has 4 nitrogen and oxygen atoms in total. The first-order valence-electron chi connectivity index (χ1n) is 7.93. The van der Waals surface area contributed by atoms with Crippen LogP contribution >= 0.6 is 0 Å². The van der Waals surface area contributed by atoms with E-state index in [4.69, 9.17) is 0 Å². The second kappa shape index (κ2) is 5.79. The Balaban J connectivity index is 1.66. The summed E-state index contributed by atoms with van der Waals surface area (Å²) < 4.78 is 39.1. The van der Waals surface area contributed by atoms with Gasteiger partial charge in [0, 0.05) is 24.9 Å². The summed E-state index contributed by atoms with van der Waals surface area (Å²) in [6, 6.07) is 4.92. The Bertz CT molecular complexity index is 668. The van der Waals surface area contributed by atoms with Gasteiger partial charge in [0.05, 0.1) is 11.6 Å². The number of rotatable bonds is 4. The minimum absolute atomic E-state index is 0.0690. The van der Waals surface area contributed by atoms with Crippen molar-refractivity contribution in [1.82, 2.24) is 10.2 Å². The maximum atomic E-state index is 13.0. The number of nitrogens with zero attached hydrogens (tertiary/aromatic N) is 1. The maximum Gasteiger partial charge on any atom is 0.416 e. The molecule has 0 unspecified atom stereocenters. The molecular formula is C17H19F3N2O2. The summed E-state index contributed by atoms with van der Waals surface area (Å²) in [6.07, 6.45) is -2.64. The predicted octanol–water partition coefficient (Wildman–Crippen LogP) is 2.72. The summed E-state index contributed by atoms with van der Waals surface area (Å²) in [5.41, 5.74) is -0.991. The van der Waals surface area contributed by atoms with Crippen molar-refractivity contribution in [2.75, 3.05) is 6.54 Å². The highest BCUT2D eigenvalue weighted by Crippen LogP contribution is 2.45. The van der Waals surface area contributed by atoms with Crippen LogP contribution in [0.4, 0.5) is 13.2 Å². The van der Waals surface area contributed by atoms with E-state index in [-0.39, 0.29) is 48.3 Å². The van der Waals surface area contributed by atoms with Crippen LogP contribution in [0.1, 0.15) is 37.3 Å². The largest absolute Gasteiger partial charge is 0.416 e. The molecule has 2 amide bonds. The van der Waals surface area contributed by atoms with Gasteiger partial charge in [-0.2, -0.15) is 13.2 Å². The Hall–Kier alpha value is -2.05. The molecule has 1 aromatic rings. The molecule has 7 heteroatoms. The SMILES string of the molecule is CC1(C(=O)N[C@@H]2CC(=O)N(Cc3ccccc3C(F)(F)F)C2)CC1. The zero-order chi connectivity index (χ0) is 17.5. The van der Waals surface area contributed by atoms with E-state index in [1.165, 1.54) is 23.1 Å². The zero-order valence-electron chi connectivity index (χ0n) is 13.3. The van der Waals surface area contributed by atoms with Crippen molar-refractivity contribution in [2.24, 2.45) is 5.41 Å². The van der Waals surface area contributed by atoms with Crippen molar-refractivity contribution in [1.29, 1.82) is 0 Å². The molecule has 1 N–H and O–H groups in total. The Kier molecular flexibility index (Phi) is 4.05. The summed E-state index contributed by atoms with van der Waals surface area (Å²) in [4.78, 5) is 25.5. The number of alkyl halides is 3. The Morgan fingerprint density at radius 2 is 2.00 bits per heavy atom. The van der Waals surface area contributed by atoms with Gasteiger partial charge in [0.2, 0.25) is 11.8 Å². The van der Waals surface area contributed by atoms with Crippen molar-refractivity contribution in [3.05, 3.63) is 35.4 Å². The summed E-state index contributed by atoms with van der Waals surface area (Å²) in [5, 5.41) is 2.85. The molecule has 1 heterocycles. The third-order valence-corrected chi connectivity index (χ3v) is 4.78. The van der Waals surface area contributed by atoms with E-state index in [1.54, 1.807) is 0 Å². The Morgan fingerprint density at radius 3 is 2.62 bits per heavy atom. The van der Waals surface area contributed by atoms with Gasteiger partial charge >= 0.3 is 6.18 Å². The number of carbonyl (C=O) groups excluding carboxylic acids is 2. The lowest BCUT2D eigenvalue weighted by Gasteiger charge is -2.20. The van der Waals surface area contributed by atoms with Crippen molar-refractivity contribution in [3.63, 3.8) is 0 Å². The third kappa shape index (κ3) is 3.39. The number of hydrogen-bond acceptors (Lipinski definition) is 2. The number of halogens is 3. The van der Waals surface area contributed by atoms with Crippen LogP contribution in [0.5, 0.6) is 0 Å². The smallest absolute Gasteiger partial charge is 0.351 e. The van der Waals surface area contributed by atoms with Crippen LogP contribution in [-0.4, -0.2) is 29.3 Å². The number of carbonyl (C=O) groups is 2. The van der Waals surface area contributed by atoms with Crippen LogP contribution in [-0.2, 0) is 22.3 Å². The van der Waals surface area contributed by atoms with Gasteiger partial charge in [-0.1, -0.05) is 25.1 Å². The Labute approximate surface area is 138 Å². The lowest BCUT2D eigenvalue weighted by Crippen LogP contribution is -2.40. The fraction of sp³-hybridized carbons (Fsp3) is 0.529. The van der Waals surface area contributed by atoms with E-state index in [2.05, 4.69) is 5.32 Å². The number of nitrogens with one attached hydrogen (secondary N) is 1. The molecule has 24 heavy (non-hydrogen) atoms. The molecule has 1 saturated heterocycles. The zero-order valence-corrected chi connectivity index (χ0v) is 13.3. The minimum Gasteiger partial charge on any atom is -0.351 e. The molecule has 130 valence electrons. The van der Waals surface area contributed by atoms with E-state index in [0.717, 1.165) is 18.9 Å². The normalized spacial score (nSPS) is 22.6. The van der Waals surface area contributed by atoms with Gasteiger partial charge < -0.3 is 10.2 Å². The summed E-state index contributed by atoms with van der Waals surface area (Å²) in [5.74, 6) is -0.309. The molecule has 1 aliphatic carbocycles. The molecule has 0 bridgehead atoms. The van der Waals surface area contributed by atoms with Gasteiger partial charge in [-0.3, -0.25) is 9.59 Å². The van der Waals surface area contributed by atoms with Crippen LogP contribution in [0, 0.1) is 5.41 Å². The van der Waals surface area contributed by atoms with Crippen LogP contribution in [0.3, 0.4) is 0 Å². The van der Waals surface area contributed by atoms with Crippen molar-refractivity contribution < 1.29 is 22.8 Å². The molecule has 1 atom stereocenters.